The highest BCUT2D eigenvalue weighted by Crippen LogP contribution is 2.24. The third kappa shape index (κ3) is 2.90. The van der Waals surface area contributed by atoms with Gasteiger partial charge < -0.3 is 10.1 Å². The Balaban J connectivity index is 1.89. The molecule has 3 aromatic rings. The van der Waals surface area contributed by atoms with Gasteiger partial charge in [-0.15, -0.1) is 0 Å². The Hall–Kier alpha value is -2.34. The van der Waals surface area contributed by atoms with Gasteiger partial charge in [0.1, 0.15) is 12.0 Å². The van der Waals surface area contributed by atoms with Crippen LogP contribution < -0.4 is 10.1 Å². The topological polar surface area (TPSA) is 75.7 Å². The van der Waals surface area contributed by atoms with Crippen molar-refractivity contribution >= 4 is 28.6 Å². The van der Waals surface area contributed by atoms with E-state index in [0.29, 0.717) is 29.1 Å². The van der Waals surface area contributed by atoms with E-state index < -0.39 is 0 Å². The Morgan fingerprint density at radius 2 is 2.14 bits per heavy atom. The number of nitrogens with one attached hydrogen (secondary N) is 2. The second-order valence-corrected chi connectivity index (χ2v) is 4.80. The Morgan fingerprint density at radius 1 is 1.29 bits per heavy atom. The van der Waals surface area contributed by atoms with E-state index in [4.69, 9.17) is 16.3 Å². The lowest BCUT2D eigenvalue weighted by Crippen LogP contribution is -2.05. The Bertz CT molecular complexity index is 758. The van der Waals surface area contributed by atoms with Crippen LogP contribution in [0.25, 0.3) is 11.0 Å². The fraction of sp³-hybridized carbons (Fsp3) is 0.214. The summed E-state index contributed by atoms with van der Waals surface area (Å²) in [7, 11) is 0. The molecule has 0 fully saturated rings. The number of hydrogen-bond acceptors (Lipinski definition) is 5. The number of nitrogens with zero attached hydrogens (tertiary/aromatic N) is 3. The first-order chi connectivity index (χ1) is 10.3. The van der Waals surface area contributed by atoms with Crippen LogP contribution in [0.15, 0.2) is 30.5 Å². The molecule has 0 saturated carbocycles. The van der Waals surface area contributed by atoms with Crippen LogP contribution in [0.4, 0.5) is 5.95 Å². The van der Waals surface area contributed by atoms with E-state index >= 15 is 0 Å². The number of halogens is 1. The van der Waals surface area contributed by atoms with E-state index in [1.165, 1.54) is 0 Å². The van der Waals surface area contributed by atoms with Gasteiger partial charge in [-0.2, -0.15) is 15.1 Å². The molecule has 0 aliphatic carbocycles. The summed E-state index contributed by atoms with van der Waals surface area (Å²) >= 11 is 6.12. The molecular weight excluding hydrogens is 290 g/mol. The Labute approximate surface area is 126 Å². The van der Waals surface area contributed by atoms with Gasteiger partial charge in [-0.05, 0) is 13.0 Å². The summed E-state index contributed by atoms with van der Waals surface area (Å²) in [4.78, 5) is 8.67. The number of aromatic nitrogens is 4. The summed E-state index contributed by atoms with van der Waals surface area (Å²) in [5.74, 6) is 0.980. The van der Waals surface area contributed by atoms with Crippen LogP contribution >= 0.6 is 11.6 Å². The van der Waals surface area contributed by atoms with Gasteiger partial charge in [0.2, 0.25) is 11.8 Å². The van der Waals surface area contributed by atoms with Gasteiger partial charge in [-0.1, -0.05) is 29.8 Å². The summed E-state index contributed by atoms with van der Waals surface area (Å²) in [6.45, 7) is 3.04. The second-order valence-electron chi connectivity index (χ2n) is 4.40. The molecule has 21 heavy (non-hydrogen) atoms. The number of benzene rings is 1. The lowest BCUT2D eigenvalue weighted by atomic mass is 10.2. The number of hydrogen-bond donors (Lipinski definition) is 2. The molecule has 0 unspecified atom stereocenters. The van der Waals surface area contributed by atoms with E-state index in [0.717, 1.165) is 17.5 Å². The summed E-state index contributed by atoms with van der Waals surface area (Å²) in [5.41, 5.74) is 1.54. The van der Waals surface area contributed by atoms with Crippen molar-refractivity contribution in [3.8, 4) is 5.88 Å². The van der Waals surface area contributed by atoms with Crippen LogP contribution in [0.3, 0.4) is 0 Å². The first-order valence-electron chi connectivity index (χ1n) is 6.59. The molecule has 6 nitrogen and oxygen atoms in total. The number of aromatic amines is 1. The largest absolute Gasteiger partial charge is 0.472 e. The van der Waals surface area contributed by atoms with Gasteiger partial charge in [0.15, 0.2) is 5.65 Å². The van der Waals surface area contributed by atoms with Crippen molar-refractivity contribution in [1.29, 1.82) is 0 Å². The average molecular weight is 304 g/mol. The monoisotopic (exact) mass is 303 g/mol. The van der Waals surface area contributed by atoms with Crippen LogP contribution in [0.2, 0.25) is 5.02 Å². The molecular formula is C14H14ClN5O. The number of anilines is 1. The lowest BCUT2D eigenvalue weighted by molar-refractivity contribution is 0.298. The predicted octanol–water partition coefficient (Wildman–Crippen LogP) is 3.02. The maximum absolute atomic E-state index is 6.12. The van der Waals surface area contributed by atoms with E-state index in [9.17, 15) is 0 Å². The molecule has 2 heterocycles. The van der Waals surface area contributed by atoms with E-state index in [1.807, 2.05) is 31.2 Å². The summed E-state index contributed by atoms with van der Waals surface area (Å²) in [6.07, 6.45) is 1.65. The van der Waals surface area contributed by atoms with Crippen LogP contribution in [-0.2, 0) is 6.61 Å². The quantitative estimate of drug-likeness (QED) is 0.758. The predicted molar refractivity (Wildman–Crippen MR) is 81.6 cm³/mol. The van der Waals surface area contributed by atoms with E-state index in [-0.39, 0.29) is 0 Å². The highest BCUT2D eigenvalue weighted by Gasteiger charge is 2.11. The standard InChI is InChI=1S/C14H14ClN5O/c1-2-16-14-18-12-10(7-17-20-12)13(19-14)21-8-9-5-3-4-6-11(9)15/h3-7H,2,8H2,1H3,(H2,16,17,18,19,20). The molecule has 0 atom stereocenters. The number of ether oxygens (including phenoxy) is 1. The fourth-order valence-corrected chi connectivity index (χ4v) is 2.11. The zero-order chi connectivity index (χ0) is 14.7. The number of fused-ring (bicyclic) bond motifs is 1. The first-order valence-corrected chi connectivity index (χ1v) is 6.97. The molecule has 1 aromatic carbocycles. The minimum Gasteiger partial charge on any atom is -0.472 e. The first kappa shape index (κ1) is 13.6. The maximum atomic E-state index is 6.12. The van der Waals surface area contributed by atoms with Crippen molar-refractivity contribution in [2.45, 2.75) is 13.5 Å². The number of H-pyrrole nitrogens is 1. The molecule has 0 aliphatic heterocycles. The zero-order valence-electron chi connectivity index (χ0n) is 11.4. The van der Waals surface area contributed by atoms with Crippen molar-refractivity contribution in [3.63, 3.8) is 0 Å². The summed E-state index contributed by atoms with van der Waals surface area (Å²) < 4.78 is 5.80. The van der Waals surface area contributed by atoms with Gasteiger partial charge in [-0.3, -0.25) is 5.10 Å². The average Bonchev–Trinajstić information content (AvgIpc) is 2.95. The molecule has 0 amide bonds. The van der Waals surface area contributed by atoms with Crippen LogP contribution in [0.1, 0.15) is 12.5 Å². The van der Waals surface area contributed by atoms with Gasteiger partial charge in [-0.25, -0.2) is 0 Å². The smallest absolute Gasteiger partial charge is 0.229 e. The van der Waals surface area contributed by atoms with Crippen LogP contribution in [0, 0.1) is 0 Å². The minimum absolute atomic E-state index is 0.336. The third-order valence-electron chi connectivity index (χ3n) is 2.93. The molecule has 0 spiro atoms. The van der Waals surface area contributed by atoms with Crippen molar-refractivity contribution in [3.05, 3.63) is 41.0 Å². The van der Waals surface area contributed by atoms with Gasteiger partial charge in [0.25, 0.3) is 0 Å². The van der Waals surface area contributed by atoms with Crippen LogP contribution in [-0.4, -0.2) is 26.7 Å². The molecule has 108 valence electrons. The fourth-order valence-electron chi connectivity index (χ4n) is 1.92. The van der Waals surface area contributed by atoms with Crippen molar-refractivity contribution < 1.29 is 4.74 Å². The van der Waals surface area contributed by atoms with Gasteiger partial charge in [0, 0.05) is 17.1 Å². The molecule has 0 bridgehead atoms. The number of rotatable bonds is 5. The molecule has 2 N–H and O–H groups in total. The third-order valence-corrected chi connectivity index (χ3v) is 3.30. The van der Waals surface area contributed by atoms with Crippen LogP contribution in [0.5, 0.6) is 5.88 Å². The Kier molecular flexibility index (Phi) is 3.87. The van der Waals surface area contributed by atoms with E-state index in [2.05, 4.69) is 25.5 Å². The minimum atomic E-state index is 0.336. The zero-order valence-corrected chi connectivity index (χ0v) is 12.2. The van der Waals surface area contributed by atoms with Gasteiger partial charge >= 0.3 is 0 Å². The molecule has 2 aromatic heterocycles. The normalized spacial score (nSPS) is 10.8. The maximum Gasteiger partial charge on any atom is 0.229 e. The summed E-state index contributed by atoms with van der Waals surface area (Å²) in [6, 6.07) is 7.55. The van der Waals surface area contributed by atoms with Crippen molar-refractivity contribution in [1.82, 2.24) is 20.2 Å². The molecule has 0 radical (unpaired) electrons. The summed E-state index contributed by atoms with van der Waals surface area (Å²) in [5, 5.41) is 11.3. The SMILES string of the molecule is CCNc1nc(OCc2ccccc2Cl)c2cn[nH]c2n1. The molecule has 0 saturated heterocycles. The highest BCUT2D eigenvalue weighted by atomic mass is 35.5. The van der Waals surface area contributed by atoms with Gasteiger partial charge in [0.05, 0.1) is 6.20 Å². The van der Waals surface area contributed by atoms with Crippen molar-refractivity contribution in [2.24, 2.45) is 0 Å². The molecule has 3 rings (SSSR count). The molecule has 0 aliphatic rings. The van der Waals surface area contributed by atoms with Crippen molar-refractivity contribution in [2.75, 3.05) is 11.9 Å². The highest BCUT2D eigenvalue weighted by molar-refractivity contribution is 6.31. The van der Waals surface area contributed by atoms with E-state index in [1.54, 1.807) is 6.20 Å². The Morgan fingerprint density at radius 3 is 2.95 bits per heavy atom. The molecule has 7 heteroatoms. The lowest BCUT2D eigenvalue weighted by Gasteiger charge is -2.09. The second kappa shape index (κ2) is 5.97.